The van der Waals surface area contributed by atoms with E-state index in [-0.39, 0.29) is 12.5 Å². The van der Waals surface area contributed by atoms with Crippen LogP contribution in [-0.2, 0) is 19.4 Å². The van der Waals surface area contributed by atoms with Gasteiger partial charge in [0, 0.05) is 24.2 Å². The summed E-state index contributed by atoms with van der Waals surface area (Å²) in [6, 6.07) is 16.3. The molecule has 0 amide bonds. The summed E-state index contributed by atoms with van der Waals surface area (Å²) in [6.45, 7) is 3.33. The summed E-state index contributed by atoms with van der Waals surface area (Å²) >= 11 is 0. The molecule has 1 aliphatic heterocycles. The van der Waals surface area contributed by atoms with Crippen molar-refractivity contribution in [1.82, 2.24) is 0 Å². The summed E-state index contributed by atoms with van der Waals surface area (Å²) in [5.41, 5.74) is 8.16. The zero-order chi connectivity index (χ0) is 20.7. The fraction of sp³-hybridized carbons (Fsp3) is 0.308. The summed E-state index contributed by atoms with van der Waals surface area (Å²) < 4.78 is 11.8. The van der Waals surface area contributed by atoms with Crippen LogP contribution in [0.4, 0.5) is 0 Å². The quantitative estimate of drug-likeness (QED) is 0.615. The molecule has 0 saturated heterocycles. The lowest BCUT2D eigenvalue weighted by atomic mass is 9.79. The van der Waals surface area contributed by atoms with E-state index < -0.39 is 0 Å². The van der Waals surface area contributed by atoms with Crippen LogP contribution in [0.25, 0.3) is 11.1 Å². The molecular weight excluding hydrogens is 376 g/mol. The first-order valence-corrected chi connectivity index (χ1v) is 10.6. The predicted octanol–water partition coefficient (Wildman–Crippen LogP) is 4.90. The first-order valence-electron chi connectivity index (χ1n) is 10.6. The molecular formula is C26H26O4. The molecule has 0 spiro atoms. The van der Waals surface area contributed by atoms with Crippen LogP contribution >= 0.6 is 0 Å². The Morgan fingerprint density at radius 3 is 2.73 bits per heavy atom. The Kier molecular flexibility index (Phi) is 4.87. The molecule has 1 heterocycles. The third kappa shape index (κ3) is 3.31. The molecule has 0 aromatic heterocycles. The summed E-state index contributed by atoms with van der Waals surface area (Å²) in [4.78, 5) is 0. The number of aromatic hydroxyl groups is 1. The van der Waals surface area contributed by atoms with Gasteiger partial charge in [0.25, 0.3) is 0 Å². The second kappa shape index (κ2) is 7.69. The minimum atomic E-state index is 0.172. The standard InChI is InChI=1S/C26H26O4/c1-16-11-24(28)22-7-8-23(22)26(16)18-4-2-3-17(12-18)14-29-20-5-6-21-19(9-10-27)15-30-25(21)13-20/h2-6,11-13,19,27-28H,7-10,14-15H2,1H3. The molecule has 2 N–H and O–H groups in total. The van der Waals surface area contributed by atoms with E-state index in [1.54, 1.807) is 0 Å². The maximum Gasteiger partial charge on any atom is 0.126 e. The average molecular weight is 402 g/mol. The molecule has 1 unspecified atom stereocenters. The Labute approximate surface area is 176 Å². The number of phenolic OH excluding ortho intramolecular Hbond substituents is 1. The van der Waals surface area contributed by atoms with Crippen LogP contribution in [0, 0.1) is 6.92 Å². The zero-order valence-electron chi connectivity index (χ0n) is 17.1. The van der Waals surface area contributed by atoms with Gasteiger partial charge in [-0.15, -0.1) is 0 Å². The largest absolute Gasteiger partial charge is 0.508 e. The number of aliphatic hydroxyl groups is 1. The lowest BCUT2D eigenvalue weighted by molar-refractivity contribution is 0.254. The van der Waals surface area contributed by atoms with Gasteiger partial charge in [0.15, 0.2) is 0 Å². The van der Waals surface area contributed by atoms with Gasteiger partial charge in [-0.1, -0.05) is 24.3 Å². The molecule has 3 aromatic rings. The zero-order valence-corrected chi connectivity index (χ0v) is 17.1. The van der Waals surface area contributed by atoms with Gasteiger partial charge in [-0.25, -0.2) is 0 Å². The highest BCUT2D eigenvalue weighted by Crippen LogP contribution is 2.42. The lowest BCUT2D eigenvalue weighted by Crippen LogP contribution is -2.11. The van der Waals surface area contributed by atoms with Gasteiger partial charge in [0.05, 0.1) is 6.61 Å². The number of fused-ring (bicyclic) bond motifs is 2. The second-order valence-electron chi connectivity index (χ2n) is 8.25. The highest BCUT2D eigenvalue weighted by molar-refractivity contribution is 5.76. The minimum absolute atomic E-state index is 0.172. The number of ether oxygens (including phenoxy) is 2. The topological polar surface area (TPSA) is 58.9 Å². The Balaban J connectivity index is 1.34. The van der Waals surface area contributed by atoms with Gasteiger partial charge in [0.1, 0.15) is 23.9 Å². The van der Waals surface area contributed by atoms with Crippen LogP contribution in [0.2, 0.25) is 0 Å². The highest BCUT2D eigenvalue weighted by Gasteiger charge is 2.25. The van der Waals surface area contributed by atoms with E-state index in [4.69, 9.17) is 9.47 Å². The maximum absolute atomic E-state index is 10.1. The number of hydrogen-bond acceptors (Lipinski definition) is 4. The monoisotopic (exact) mass is 402 g/mol. The molecule has 3 aromatic carbocycles. The third-order valence-electron chi connectivity index (χ3n) is 6.31. The molecule has 1 aliphatic carbocycles. The molecule has 2 aliphatic rings. The van der Waals surface area contributed by atoms with E-state index in [9.17, 15) is 10.2 Å². The second-order valence-corrected chi connectivity index (χ2v) is 8.25. The van der Waals surface area contributed by atoms with Crippen LogP contribution in [0.1, 0.15) is 40.2 Å². The molecule has 1 atom stereocenters. The van der Waals surface area contributed by atoms with Gasteiger partial charge in [-0.3, -0.25) is 0 Å². The molecule has 0 bridgehead atoms. The number of benzene rings is 3. The molecule has 4 heteroatoms. The number of aryl methyl sites for hydroxylation is 1. The summed E-state index contributed by atoms with van der Waals surface area (Å²) in [7, 11) is 0. The maximum atomic E-state index is 10.1. The molecule has 5 rings (SSSR count). The number of hydrogen-bond donors (Lipinski definition) is 2. The van der Waals surface area contributed by atoms with Crippen LogP contribution in [0.3, 0.4) is 0 Å². The van der Waals surface area contributed by atoms with Gasteiger partial charge in [-0.2, -0.15) is 0 Å². The number of rotatable bonds is 6. The van der Waals surface area contributed by atoms with Crippen molar-refractivity contribution in [2.75, 3.05) is 13.2 Å². The Morgan fingerprint density at radius 2 is 1.93 bits per heavy atom. The van der Waals surface area contributed by atoms with Crippen LogP contribution in [0.5, 0.6) is 17.2 Å². The van der Waals surface area contributed by atoms with Crippen molar-refractivity contribution in [1.29, 1.82) is 0 Å². The highest BCUT2D eigenvalue weighted by atomic mass is 16.5. The Bertz CT molecular complexity index is 1100. The van der Waals surface area contributed by atoms with E-state index >= 15 is 0 Å². The summed E-state index contributed by atoms with van der Waals surface area (Å²) in [5, 5.41) is 19.3. The molecule has 30 heavy (non-hydrogen) atoms. The van der Waals surface area contributed by atoms with Crippen molar-refractivity contribution < 1.29 is 19.7 Å². The van der Waals surface area contributed by atoms with Crippen molar-refractivity contribution >= 4 is 0 Å². The Hall–Kier alpha value is -2.98. The molecule has 0 fully saturated rings. The molecule has 0 saturated carbocycles. The van der Waals surface area contributed by atoms with Crippen LogP contribution in [-0.4, -0.2) is 23.4 Å². The van der Waals surface area contributed by atoms with Crippen molar-refractivity contribution in [3.05, 3.63) is 76.3 Å². The van der Waals surface area contributed by atoms with E-state index in [1.807, 2.05) is 24.3 Å². The van der Waals surface area contributed by atoms with Crippen LogP contribution in [0.15, 0.2) is 48.5 Å². The van der Waals surface area contributed by atoms with Crippen molar-refractivity contribution in [2.45, 2.75) is 38.7 Å². The Morgan fingerprint density at radius 1 is 1.07 bits per heavy atom. The third-order valence-corrected chi connectivity index (χ3v) is 6.31. The predicted molar refractivity (Wildman–Crippen MR) is 116 cm³/mol. The molecule has 0 radical (unpaired) electrons. The van der Waals surface area contributed by atoms with Gasteiger partial charge in [-0.05, 0) is 77.8 Å². The first kappa shape index (κ1) is 19.0. The van der Waals surface area contributed by atoms with Gasteiger partial charge in [0.2, 0.25) is 0 Å². The van der Waals surface area contributed by atoms with Crippen molar-refractivity contribution in [2.24, 2.45) is 0 Å². The van der Waals surface area contributed by atoms with Crippen molar-refractivity contribution in [3.63, 3.8) is 0 Å². The van der Waals surface area contributed by atoms with Gasteiger partial charge < -0.3 is 19.7 Å². The molecule has 4 nitrogen and oxygen atoms in total. The van der Waals surface area contributed by atoms with E-state index in [2.05, 4.69) is 31.2 Å². The van der Waals surface area contributed by atoms with Crippen LogP contribution < -0.4 is 9.47 Å². The van der Waals surface area contributed by atoms with E-state index in [0.29, 0.717) is 19.0 Å². The minimum Gasteiger partial charge on any atom is -0.508 e. The first-order chi connectivity index (χ1) is 14.6. The fourth-order valence-corrected chi connectivity index (χ4v) is 4.66. The summed E-state index contributed by atoms with van der Waals surface area (Å²) in [5.74, 6) is 2.34. The SMILES string of the molecule is Cc1cc(O)c2c(c1-c1cccc(COc3ccc4c(c3)OCC4CCO)c1)CC2. The van der Waals surface area contributed by atoms with Crippen molar-refractivity contribution in [3.8, 4) is 28.4 Å². The van der Waals surface area contributed by atoms with E-state index in [1.165, 1.54) is 16.7 Å². The smallest absolute Gasteiger partial charge is 0.126 e. The normalized spacial score (nSPS) is 16.4. The number of aliphatic hydroxyl groups excluding tert-OH is 1. The fourth-order valence-electron chi connectivity index (χ4n) is 4.66. The summed E-state index contributed by atoms with van der Waals surface area (Å²) in [6.07, 6.45) is 2.70. The lowest BCUT2D eigenvalue weighted by Gasteiger charge is -2.26. The molecule has 154 valence electrons. The van der Waals surface area contributed by atoms with Gasteiger partial charge >= 0.3 is 0 Å². The van der Waals surface area contributed by atoms with E-state index in [0.717, 1.165) is 53.0 Å². The number of phenols is 1. The average Bonchev–Trinajstić information content (AvgIpc) is 3.11.